The molecule has 116 valence electrons. The minimum absolute atomic E-state index is 0.214. The molecule has 2 rings (SSSR count). The molecule has 0 unspecified atom stereocenters. The smallest absolute Gasteiger partial charge is 0.279 e. The van der Waals surface area contributed by atoms with Crippen molar-refractivity contribution in [3.05, 3.63) is 63.2 Å². The fourth-order valence-electron chi connectivity index (χ4n) is 1.57. The van der Waals surface area contributed by atoms with Crippen molar-refractivity contribution in [2.75, 3.05) is 4.72 Å². The van der Waals surface area contributed by atoms with Crippen molar-refractivity contribution in [2.24, 2.45) is 0 Å². The van der Waals surface area contributed by atoms with E-state index in [2.05, 4.69) is 0 Å². The van der Waals surface area contributed by atoms with Gasteiger partial charge in [0.25, 0.3) is 10.0 Å². The van der Waals surface area contributed by atoms with Crippen LogP contribution in [0.25, 0.3) is 0 Å². The van der Waals surface area contributed by atoms with Gasteiger partial charge in [-0.05, 0) is 30.3 Å². The van der Waals surface area contributed by atoms with Gasteiger partial charge in [0, 0.05) is 6.07 Å². The van der Waals surface area contributed by atoms with E-state index in [4.69, 9.17) is 11.6 Å². The molecule has 0 heterocycles. The van der Waals surface area contributed by atoms with Gasteiger partial charge in [-0.1, -0.05) is 11.6 Å². The third kappa shape index (κ3) is 3.31. The van der Waals surface area contributed by atoms with Gasteiger partial charge in [0.05, 0.1) is 20.5 Å². The van der Waals surface area contributed by atoms with E-state index in [9.17, 15) is 27.3 Å². The number of hydrogen-bond donors (Lipinski definition) is 1. The Morgan fingerprint density at radius 2 is 1.73 bits per heavy atom. The van der Waals surface area contributed by atoms with Gasteiger partial charge >= 0.3 is 5.69 Å². The fourth-order valence-corrected chi connectivity index (χ4v) is 2.89. The molecule has 0 saturated heterocycles. The zero-order valence-corrected chi connectivity index (χ0v) is 12.2. The van der Waals surface area contributed by atoms with E-state index in [1.807, 2.05) is 4.72 Å². The summed E-state index contributed by atoms with van der Waals surface area (Å²) in [5.74, 6) is -1.89. The maximum atomic E-state index is 13.2. The molecule has 2 aromatic rings. The number of sulfonamides is 1. The van der Waals surface area contributed by atoms with Crippen molar-refractivity contribution < 1.29 is 22.1 Å². The second-order valence-corrected chi connectivity index (χ2v) is 6.19. The number of hydrogen-bond acceptors (Lipinski definition) is 4. The number of benzene rings is 2. The van der Waals surface area contributed by atoms with Crippen LogP contribution in [0.5, 0.6) is 0 Å². The Bertz CT molecular complexity index is 858. The maximum absolute atomic E-state index is 13.2. The first-order valence-electron chi connectivity index (χ1n) is 5.62. The number of nitrogens with zero attached hydrogens (tertiary/aromatic N) is 1. The molecule has 6 nitrogen and oxygen atoms in total. The van der Waals surface area contributed by atoms with Crippen LogP contribution in [-0.4, -0.2) is 13.3 Å². The Hall–Kier alpha value is -2.26. The molecule has 0 bridgehead atoms. The van der Waals surface area contributed by atoms with Crippen molar-refractivity contribution in [3.8, 4) is 0 Å². The second kappa shape index (κ2) is 5.85. The molecule has 0 aromatic heterocycles. The summed E-state index contributed by atoms with van der Waals surface area (Å²) >= 11 is 5.50. The Morgan fingerprint density at radius 3 is 2.32 bits per heavy atom. The third-order valence-corrected chi connectivity index (χ3v) is 4.27. The quantitative estimate of drug-likeness (QED) is 0.678. The first-order valence-corrected chi connectivity index (χ1v) is 7.48. The van der Waals surface area contributed by atoms with E-state index in [1.54, 1.807) is 0 Å². The molecule has 10 heteroatoms. The summed E-state index contributed by atoms with van der Waals surface area (Å²) in [6, 6.07) is 5.24. The lowest BCUT2D eigenvalue weighted by atomic mass is 10.3. The molecule has 22 heavy (non-hydrogen) atoms. The van der Waals surface area contributed by atoms with Crippen LogP contribution >= 0.6 is 11.6 Å². The summed E-state index contributed by atoms with van der Waals surface area (Å²) in [5.41, 5.74) is -1.09. The van der Waals surface area contributed by atoms with E-state index < -0.39 is 37.3 Å². The van der Waals surface area contributed by atoms with Crippen LogP contribution in [0.3, 0.4) is 0 Å². The molecule has 0 aliphatic carbocycles. The fraction of sp³-hybridized carbons (Fsp3) is 0. The van der Waals surface area contributed by atoms with Crippen LogP contribution in [0.2, 0.25) is 5.02 Å². The van der Waals surface area contributed by atoms with Gasteiger partial charge in [-0.3, -0.25) is 14.8 Å². The lowest BCUT2D eigenvalue weighted by molar-refractivity contribution is -0.387. The molecule has 0 fully saturated rings. The molecule has 2 aromatic carbocycles. The molecule has 0 atom stereocenters. The van der Waals surface area contributed by atoms with E-state index in [0.717, 1.165) is 36.4 Å². The number of nitro groups is 1. The summed E-state index contributed by atoms with van der Waals surface area (Å²) in [6.07, 6.45) is 0. The average Bonchev–Trinajstić information content (AvgIpc) is 2.43. The normalized spacial score (nSPS) is 11.2. The SMILES string of the molecule is O=[N+]([O-])c1cc(NS(=O)(=O)c2ccc(F)c(Cl)c2)ccc1F. The minimum atomic E-state index is -4.15. The summed E-state index contributed by atoms with van der Waals surface area (Å²) in [7, 11) is -4.15. The zero-order valence-electron chi connectivity index (χ0n) is 10.6. The summed E-state index contributed by atoms with van der Waals surface area (Å²) in [4.78, 5) is 9.29. The highest BCUT2D eigenvalue weighted by atomic mass is 35.5. The van der Waals surface area contributed by atoms with Gasteiger partial charge in [0.1, 0.15) is 5.82 Å². The van der Waals surface area contributed by atoms with Crippen molar-refractivity contribution >= 4 is 33.0 Å². The number of nitro benzene ring substituents is 1. The summed E-state index contributed by atoms with van der Waals surface area (Å²) in [6.45, 7) is 0. The van der Waals surface area contributed by atoms with Crippen molar-refractivity contribution in [2.45, 2.75) is 4.90 Å². The molecule has 0 aliphatic heterocycles. The number of nitrogens with one attached hydrogen (secondary N) is 1. The van der Waals surface area contributed by atoms with Gasteiger partial charge in [-0.25, -0.2) is 12.8 Å². The Kier molecular flexibility index (Phi) is 4.29. The summed E-state index contributed by atoms with van der Waals surface area (Å²) < 4.78 is 52.4. The predicted octanol–water partition coefficient (Wildman–Crippen LogP) is 3.33. The molecule has 0 spiro atoms. The first kappa shape index (κ1) is 16.1. The van der Waals surface area contributed by atoms with Gasteiger partial charge in [-0.15, -0.1) is 0 Å². The molecular weight excluding hydrogens is 342 g/mol. The summed E-state index contributed by atoms with van der Waals surface area (Å²) in [5, 5.41) is 10.2. The number of rotatable bonds is 4. The molecule has 0 radical (unpaired) electrons. The van der Waals surface area contributed by atoms with Crippen molar-refractivity contribution in [3.63, 3.8) is 0 Å². The van der Waals surface area contributed by atoms with Crippen LogP contribution in [0, 0.1) is 21.7 Å². The van der Waals surface area contributed by atoms with Gasteiger partial charge < -0.3 is 0 Å². The van der Waals surface area contributed by atoms with Crippen LogP contribution in [0.4, 0.5) is 20.2 Å². The van der Waals surface area contributed by atoms with Crippen LogP contribution in [0.15, 0.2) is 41.3 Å². The Labute approximate surface area is 128 Å². The van der Waals surface area contributed by atoms with E-state index in [1.165, 1.54) is 0 Å². The Morgan fingerprint density at radius 1 is 1.09 bits per heavy atom. The molecule has 0 saturated carbocycles. The predicted molar refractivity (Wildman–Crippen MR) is 75.3 cm³/mol. The van der Waals surface area contributed by atoms with Crippen LogP contribution in [0.1, 0.15) is 0 Å². The lowest BCUT2D eigenvalue weighted by Crippen LogP contribution is -2.13. The van der Waals surface area contributed by atoms with Crippen LogP contribution < -0.4 is 4.72 Å². The Balaban J connectivity index is 2.38. The van der Waals surface area contributed by atoms with Gasteiger partial charge in [0.2, 0.25) is 5.82 Å². The van der Waals surface area contributed by atoms with E-state index in [-0.39, 0.29) is 10.6 Å². The molecule has 0 aliphatic rings. The first-order chi connectivity index (χ1) is 10.2. The highest BCUT2D eigenvalue weighted by Gasteiger charge is 2.19. The highest BCUT2D eigenvalue weighted by molar-refractivity contribution is 7.92. The standard InChI is InChI=1S/C12H7ClF2N2O4S/c13-9-6-8(2-4-10(9)14)22(20,21)16-7-1-3-11(15)12(5-7)17(18)19/h1-6,16H. The molecule has 1 N–H and O–H groups in total. The largest absolute Gasteiger partial charge is 0.306 e. The zero-order chi connectivity index (χ0) is 16.5. The van der Waals surface area contributed by atoms with Gasteiger partial charge in [0.15, 0.2) is 0 Å². The minimum Gasteiger partial charge on any atom is -0.279 e. The second-order valence-electron chi connectivity index (χ2n) is 4.10. The topological polar surface area (TPSA) is 89.3 Å². The van der Waals surface area contributed by atoms with Crippen molar-refractivity contribution in [1.29, 1.82) is 0 Å². The van der Waals surface area contributed by atoms with Gasteiger partial charge in [-0.2, -0.15) is 4.39 Å². The van der Waals surface area contributed by atoms with Crippen molar-refractivity contribution in [1.82, 2.24) is 0 Å². The highest BCUT2D eigenvalue weighted by Crippen LogP contribution is 2.25. The monoisotopic (exact) mass is 348 g/mol. The maximum Gasteiger partial charge on any atom is 0.306 e. The van der Waals surface area contributed by atoms with E-state index >= 15 is 0 Å². The molecular formula is C12H7ClF2N2O4S. The van der Waals surface area contributed by atoms with Crippen LogP contribution in [-0.2, 0) is 10.0 Å². The lowest BCUT2D eigenvalue weighted by Gasteiger charge is -2.08. The molecule has 0 amide bonds. The number of halogens is 3. The third-order valence-electron chi connectivity index (χ3n) is 2.60. The number of anilines is 1. The average molecular weight is 349 g/mol. The van der Waals surface area contributed by atoms with E-state index in [0.29, 0.717) is 0 Å².